The number of nitrogens with one attached hydrogen (secondary N) is 1. The number of rotatable bonds is 7. The first-order valence-electron chi connectivity index (χ1n) is 6.22. The molecule has 0 fully saturated rings. The maximum absolute atomic E-state index is 11.8. The summed E-state index contributed by atoms with van der Waals surface area (Å²) in [4.78, 5) is 11.8. The summed E-state index contributed by atoms with van der Waals surface area (Å²) in [6, 6.07) is 1.85. The second-order valence-electron chi connectivity index (χ2n) is 4.30. The van der Waals surface area contributed by atoms with Gasteiger partial charge in [-0.25, -0.2) is 0 Å². The molecule has 0 atom stereocenters. The second-order valence-corrected chi connectivity index (χ2v) is 5.21. The van der Waals surface area contributed by atoms with E-state index in [0.29, 0.717) is 0 Å². The van der Waals surface area contributed by atoms with E-state index in [1.165, 1.54) is 19.3 Å². The molecule has 0 saturated heterocycles. The summed E-state index contributed by atoms with van der Waals surface area (Å²) >= 11 is 3.41. The normalized spacial score (nSPS) is 10.8. The van der Waals surface area contributed by atoms with Gasteiger partial charge in [0.05, 0.1) is 0 Å². The Labute approximate surface area is 111 Å². The van der Waals surface area contributed by atoms with Crippen molar-refractivity contribution in [2.24, 2.45) is 0 Å². The minimum atomic E-state index is 0.101. The zero-order valence-corrected chi connectivity index (χ0v) is 12.2. The zero-order valence-electron chi connectivity index (χ0n) is 10.6. The molecule has 1 aromatic rings. The molecule has 0 spiro atoms. The largest absolute Gasteiger partial charge is 0.315 e. The van der Waals surface area contributed by atoms with Crippen LogP contribution < -0.4 is 10.9 Å². The maximum atomic E-state index is 11.8. The Balaban J connectivity index is 2.39. The molecule has 0 bridgehead atoms. The van der Waals surface area contributed by atoms with Gasteiger partial charge < -0.3 is 9.88 Å². The Morgan fingerprint density at radius 1 is 1.35 bits per heavy atom. The Hall–Kier alpha value is -0.610. The summed E-state index contributed by atoms with van der Waals surface area (Å²) in [6.07, 6.45) is 5.57. The van der Waals surface area contributed by atoms with E-state index in [2.05, 4.69) is 28.2 Å². The molecule has 0 saturated carbocycles. The molecular formula is C13H21BrN2O. The van der Waals surface area contributed by atoms with E-state index >= 15 is 0 Å². The number of hydrogen-bond acceptors (Lipinski definition) is 2. The Kier molecular flexibility index (Phi) is 6.52. The number of pyridine rings is 1. The molecule has 1 N–H and O–H groups in total. The van der Waals surface area contributed by atoms with E-state index in [0.717, 1.165) is 29.7 Å². The highest BCUT2D eigenvalue weighted by Gasteiger charge is 2.01. The Morgan fingerprint density at radius 2 is 2.12 bits per heavy atom. The van der Waals surface area contributed by atoms with E-state index in [9.17, 15) is 4.79 Å². The van der Waals surface area contributed by atoms with Gasteiger partial charge in [-0.05, 0) is 41.9 Å². The van der Waals surface area contributed by atoms with Crippen LogP contribution >= 0.6 is 15.9 Å². The first-order valence-corrected chi connectivity index (χ1v) is 7.01. The van der Waals surface area contributed by atoms with Gasteiger partial charge in [0.1, 0.15) is 0 Å². The first-order chi connectivity index (χ1) is 8.15. The number of nitrogens with zero attached hydrogens (tertiary/aromatic N) is 1. The molecule has 17 heavy (non-hydrogen) atoms. The number of aryl methyl sites for hydroxylation is 1. The fourth-order valence-electron chi connectivity index (χ4n) is 1.73. The zero-order chi connectivity index (χ0) is 12.7. The topological polar surface area (TPSA) is 34.0 Å². The van der Waals surface area contributed by atoms with Crippen molar-refractivity contribution in [1.29, 1.82) is 0 Å². The quantitative estimate of drug-likeness (QED) is 0.786. The van der Waals surface area contributed by atoms with Crippen molar-refractivity contribution in [1.82, 2.24) is 9.88 Å². The van der Waals surface area contributed by atoms with Crippen LogP contribution in [0.2, 0.25) is 0 Å². The highest BCUT2D eigenvalue weighted by molar-refractivity contribution is 9.10. The van der Waals surface area contributed by atoms with Gasteiger partial charge in [-0.1, -0.05) is 19.8 Å². The lowest BCUT2D eigenvalue weighted by molar-refractivity contribution is 0.559. The van der Waals surface area contributed by atoms with Crippen LogP contribution in [-0.4, -0.2) is 17.7 Å². The smallest absolute Gasteiger partial charge is 0.253 e. The van der Waals surface area contributed by atoms with Crippen LogP contribution in [0.1, 0.15) is 31.7 Å². The molecule has 96 valence electrons. The third kappa shape index (κ3) is 5.04. The van der Waals surface area contributed by atoms with Crippen LogP contribution in [0.25, 0.3) is 0 Å². The summed E-state index contributed by atoms with van der Waals surface area (Å²) < 4.78 is 2.72. The Bertz CT molecular complexity index is 401. The van der Waals surface area contributed by atoms with Gasteiger partial charge in [0.15, 0.2) is 0 Å². The van der Waals surface area contributed by atoms with E-state index in [4.69, 9.17) is 0 Å². The van der Waals surface area contributed by atoms with Gasteiger partial charge in [0.25, 0.3) is 5.56 Å². The van der Waals surface area contributed by atoms with Crippen molar-refractivity contribution < 1.29 is 0 Å². The monoisotopic (exact) mass is 300 g/mol. The summed E-state index contributed by atoms with van der Waals surface area (Å²) in [5, 5.41) is 3.36. The van der Waals surface area contributed by atoms with Gasteiger partial charge >= 0.3 is 0 Å². The average molecular weight is 301 g/mol. The lowest BCUT2D eigenvalue weighted by Gasteiger charge is -2.08. The number of unbranched alkanes of at least 4 members (excludes halogenated alkanes) is 2. The SMILES string of the molecule is CCCCCNCCn1cc(Br)cc(C)c1=O. The molecular weight excluding hydrogens is 280 g/mol. The van der Waals surface area contributed by atoms with E-state index in [1.807, 2.05) is 19.2 Å². The van der Waals surface area contributed by atoms with Crippen molar-refractivity contribution in [2.45, 2.75) is 39.7 Å². The molecule has 1 rings (SSSR count). The van der Waals surface area contributed by atoms with Gasteiger partial charge in [-0.15, -0.1) is 0 Å². The molecule has 0 unspecified atom stereocenters. The average Bonchev–Trinajstić information content (AvgIpc) is 2.29. The van der Waals surface area contributed by atoms with Crippen LogP contribution in [0.3, 0.4) is 0 Å². The fourth-order valence-corrected chi connectivity index (χ4v) is 2.32. The summed E-state index contributed by atoms with van der Waals surface area (Å²) in [7, 11) is 0. The molecule has 0 radical (unpaired) electrons. The summed E-state index contributed by atoms with van der Waals surface area (Å²) in [5.41, 5.74) is 0.883. The molecule has 1 heterocycles. The van der Waals surface area contributed by atoms with Crippen LogP contribution in [0.15, 0.2) is 21.5 Å². The minimum Gasteiger partial charge on any atom is -0.315 e. The third-order valence-corrected chi connectivity index (χ3v) is 3.15. The third-order valence-electron chi connectivity index (χ3n) is 2.72. The van der Waals surface area contributed by atoms with Crippen molar-refractivity contribution in [3.63, 3.8) is 0 Å². The van der Waals surface area contributed by atoms with Crippen LogP contribution in [-0.2, 0) is 6.54 Å². The van der Waals surface area contributed by atoms with Gasteiger partial charge in [-0.3, -0.25) is 4.79 Å². The second kappa shape index (κ2) is 7.67. The number of aromatic nitrogens is 1. The van der Waals surface area contributed by atoms with Crippen LogP contribution in [0, 0.1) is 6.92 Å². The first kappa shape index (κ1) is 14.5. The molecule has 1 aromatic heterocycles. The highest BCUT2D eigenvalue weighted by atomic mass is 79.9. The van der Waals surface area contributed by atoms with Gasteiger partial charge in [0.2, 0.25) is 0 Å². The molecule has 0 aliphatic heterocycles. The molecule has 0 amide bonds. The maximum Gasteiger partial charge on any atom is 0.253 e. The van der Waals surface area contributed by atoms with E-state index in [-0.39, 0.29) is 5.56 Å². The lowest BCUT2D eigenvalue weighted by atomic mass is 10.2. The fraction of sp³-hybridized carbons (Fsp3) is 0.615. The lowest BCUT2D eigenvalue weighted by Crippen LogP contribution is -2.28. The highest BCUT2D eigenvalue weighted by Crippen LogP contribution is 2.07. The van der Waals surface area contributed by atoms with Crippen molar-refractivity contribution in [2.75, 3.05) is 13.1 Å². The molecule has 0 aromatic carbocycles. The summed E-state index contributed by atoms with van der Waals surface area (Å²) in [5.74, 6) is 0. The standard InChI is InChI=1S/C13H21BrN2O/c1-3-4-5-6-15-7-8-16-10-12(14)9-11(2)13(16)17/h9-10,15H,3-8H2,1-2H3. The van der Waals surface area contributed by atoms with E-state index in [1.54, 1.807) is 4.57 Å². The van der Waals surface area contributed by atoms with Crippen LogP contribution in [0.4, 0.5) is 0 Å². The van der Waals surface area contributed by atoms with Crippen LogP contribution in [0.5, 0.6) is 0 Å². The van der Waals surface area contributed by atoms with Crippen molar-refractivity contribution in [3.8, 4) is 0 Å². The number of hydrogen-bond donors (Lipinski definition) is 1. The van der Waals surface area contributed by atoms with Crippen molar-refractivity contribution >= 4 is 15.9 Å². The van der Waals surface area contributed by atoms with Gasteiger partial charge in [-0.2, -0.15) is 0 Å². The molecule has 3 nitrogen and oxygen atoms in total. The van der Waals surface area contributed by atoms with Crippen molar-refractivity contribution in [3.05, 3.63) is 32.7 Å². The molecule has 4 heteroatoms. The van der Waals surface area contributed by atoms with E-state index < -0.39 is 0 Å². The summed E-state index contributed by atoms with van der Waals surface area (Å²) in [6.45, 7) is 6.66. The molecule has 0 aliphatic rings. The minimum absolute atomic E-state index is 0.101. The van der Waals surface area contributed by atoms with Gasteiger partial charge in [0, 0.05) is 29.3 Å². The Morgan fingerprint density at radius 3 is 2.82 bits per heavy atom. The number of halogens is 1. The predicted octanol–water partition coefficient (Wildman–Crippen LogP) is 2.70. The predicted molar refractivity (Wildman–Crippen MR) is 75.5 cm³/mol. The molecule has 0 aliphatic carbocycles.